The third kappa shape index (κ3) is 5.77. The van der Waals surface area contributed by atoms with Crippen molar-refractivity contribution in [2.45, 2.75) is 43.9 Å². The Morgan fingerprint density at radius 2 is 2.00 bits per heavy atom. The lowest BCUT2D eigenvalue weighted by Gasteiger charge is -2.08. The standard InChI is InChI=1S/C14H17BrO3S/c1-12-8-9-14(19(16,17)18)13(11-12)7-5-3-2-4-6-10-15/h8-9,11H,2-5,7H2,1H3,(H,16,17,18). The van der Waals surface area contributed by atoms with E-state index in [2.05, 4.69) is 26.7 Å². The zero-order chi connectivity index (χ0) is 14.3. The maximum absolute atomic E-state index is 11.3. The van der Waals surface area contributed by atoms with Crippen molar-refractivity contribution in [1.82, 2.24) is 0 Å². The van der Waals surface area contributed by atoms with Crippen molar-refractivity contribution in [3.05, 3.63) is 29.3 Å². The van der Waals surface area contributed by atoms with Gasteiger partial charge in [0.15, 0.2) is 0 Å². The molecule has 0 aliphatic carbocycles. The number of halogens is 1. The minimum absolute atomic E-state index is 0.0262. The fourth-order valence-corrected chi connectivity index (χ4v) is 2.84. The predicted molar refractivity (Wildman–Crippen MR) is 79.9 cm³/mol. The lowest BCUT2D eigenvalue weighted by Crippen LogP contribution is -2.03. The summed E-state index contributed by atoms with van der Waals surface area (Å²) in [6.07, 6.45) is 4.35. The molecule has 0 heterocycles. The first kappa shape index (κ1) is 16.2. The molecule has 0 aromatic heterocycles. The minimum Gasteiger partial charge on any atom is -0.282 e. The van der Waals surface area contributed by atoms with Gasteiger partial charge in [0.05, 0.1) is 4.90 Å². The average Bonchev–Trinajstić information content (AvgIpc) is 2.32. The van der Waals surface area contributed by atoms with Gasteiger partial charge in [0.2, 0.25) is 0 Å². The maximum atomic E-state index is 11.3. The number of rotatable bonds is 6. The number of hydrogen-bond acceptors (Lipinski definition) is 2. The SMILES string of the molecule is Cc1ccc(S(=O)(=O)O)c(CCCCCC#CBr)c1. The highest BCUT2D eigenvalue weighted by atomic mass is 79.9. The molecular formula is C14H17BrO3S. The number of aryl methyl sites for hydroxylation is 2. The largest absolute Gasteiger partial charge is 0.294 e. The zero-order valence-electron chi connectivity index (χ0n) is 10.8. The van der Waals surface area contributed by atoms with Crippen LogP contribution in [-0.2, 0) is 16.5 Å². The first-order chi connectivity index (χ1) is 8.95. The maximum Gasteiger partial charge on any atom is 0.294 e. The Hall–Kier alpha value is -0.830. The van der Waals surface area contributed by atoms with E-state index in [1.54, 1.807) is 6.07 Å². The van der Waals surface area contributed by atoms with Gasteiger partial charge in [0.25, 0.3) is 10.1 Å². The van der Waals surface area contributed by atoms with Crippen LogP contribution in [0.15, 0.2) is 23.1 Å². The molecule has 0 aliphatic rings. The zero-order valence-corrected chi connectivity index (χ0v) is 13.2. The molecule has 0 bridgehead atoms. The van der Waals surface area contributed by atoms with Crippen molar-refractivity contribution in [2.24, 2.45) is 0 Å². The molecule has 0 atom stereocenters. The summed E-state index contributed by atoms with van der Waals surface area (Å²) >= 11 is 3.04. The summed E-state index contributed by atoms with van der Waals surface area (Å²) in [6, 6.07) is 4.98. The van der Waals surface area contributed by atoms with Gasteiger partial charge < -0.3 is 0 Å². The van der Waals surface area contributed by atoms with Gasteiger partial charge in [-0.2, -0.15) is 8.42 Å². The normalized spacial score (nSPS) is 10.9. The smallest absolute Gasteiger partial charge is 0.282 e. The fraction of sp³-hybridized carbons (Fsp3) is 0.429. The summed E-state index contributed by atoms with van der Waals surface area (Å²) in [5.74, 6) is 2.92. The second kappa shape index (κ2) is 7.68. The van der Waals surface area contributed by atoms with E-state index in [1.165, 1.54) is 6.07 Å². The molecule has 0 spiro atoms. The Kier molecular flexibility index (Phi) is 6.56. The highest BCUT2D eigenvalue weighted by molar-refractivity contribution is 9.12. The van der Waals surface area contributed by atoms with Crippen LogP contribution in [0.5, 0.6) is 0 Å². The Morgan fingerprint density at radius 1 is 1.26 bits per heavy atom. The van der Waals surface area contributed by atoms with E-state index in [4.69, 9.17) is 0 Å². The van der Waals surface area contributed by atoms with E-state index in [1.807, 2.05) is 13.0 Å². The summed E-state index contributed by atoms with van der Waals surface area (Å²) in [5.41, 5.74) is 1.68. The van der Waals surface area contributed by atoms with Crippen molar-refractivity contribution in [2.75, 3.05) is 0 Å². The molecule has 0 unspecified atom stereocenters. The molecule has 19 heavy (non-hydrogen) atoms. The Labute approximate surface area is 123 Å². The van der Waals surface area contributed by atoms with Gasteiger partial charge in [-0.25, -0.2) is 0 Å². The van der Waals surface area contributed by atoms with Crippen molar-refractivity contribution in [3.63, 3.8) is 0 Å². The van der Waals surface area contributed by atoms with Crippen LogP contribution in [0.4, 0.5) is 0 Å². The molecule has 0 saturated heterocycles. The Balaban J connectivity index is 2.66. The van der Waals surface area contributed by atoms with Gasteiger partial charge in [0.1, 0.15) is 0 Å². The van der Waals surface area contributed by atoms with E-state index in [9.17, 15) is 13.0 Å². The molecule has 0 amide bonds. The van der Waals surface area contributed by atoms with Crippen LogP contribution >= 0.6 is 15.9 Å². The molecule has 0 saturated carbocycles. The number of hydrogen-bond donors (Lipinski definition) is 1. The van der Waals surface area contributed by atoms with E-state index < -0.39 is 10.1 Å². The molecule has 1 aromatic rings. The van der Waals surface area contributed by atoms with E-state index in [0.717, 1.165) is 31.2 Å². The molecular weight excluding hydrogens is 328 g/mol. The molecule has 1 rings (SSSR count). The van der Waals surface area contributed by atoms with Crippen LogP contribution < -0.4 is 0 Å². The van der Waals surface area contributed by atoms with E-state index in [-0.39, 0.29) is 4.90 Å². The highest BCUT2D eigenvalue weighted by Crippen LogP contribution is 2.19. The summed E-state index contributed by atoms with van der Waals surface area (Å²) < 4.78 is 31.7. The van der Waals surface area contributed by atoms with E-state index in [0.29, 0.717) is 12.0 Å². The third-order valence-corrected chi connectivity index (χ3v) is 4.04. The molecule has 3 nitrogen and oxygen atoms in total. The lowest BCUT2D eigenvalue weighted by molar-refractivity contribution is 0.481. The molecule has 1 aromatic carbocycles. The van der Waals surface area contributed by atoms with Gasteiger partial charge in [-0.05, 0) is 42.6 Å². The summed E-state index contributed by atoms with van der Waals surface area (Å²) in [6.45, 7) is 1.91. The molecule has 0 aliphatic heterocycles. The number of benzene rings is 1. The summed E-state index contributed by atoms with van der Waals surface area (Å²) in [4.78, 5) is 2.69. The van der Waals surface area contributed by atoms with Crippen LogP contribution in [0.25, 0.3) is 0 Å². The fourth-order valence-electron chi connectivity index (χ4n) is 1.91. The monoisotopic (exact) mass is 344 g/mol. The predicted octanol–water partition coefficient (Wildman–Crippen LogP) is 3.70. The quantitative estimate of drug-likeness (QED) is 0.486. The van der Waals surface area contributed by atoms with E-state index >= 15 is 0 Å². The number of unbranched alkanes of at least 4 members (excludes halogenated alkanes) is 3. The summed E-state index contributed by atoms with van der Waals surface area (Å²) in [5, 5.41) is 0. The molecule has 104 valence electrons. The molecule has 5 heteroatoms. The first-order valence-corrected chi connectivity index (χ1v) is 8.34. The molecule has 1 N–H and O–H groups in total. The van der Waals surface area contributed by atoms with Crippen molar-refractivity contribution < 1.29 is 13.0 Å². The minimum atomic E-state index is -4.13. The van der Waals surface area contributed by atoms with Crippen LogP contribution in [0.1, 0.15) is 36.8 Å². The van der Waals surface area contributed by atoms with Gasteiger partial charge in [-0.3, -0.25) is 4.55 Å². The van der Waals surface area contributed by atoms with Crippen molar-refractivity contribution in [1.29, 1.82) is 0 Å². The van der Waals surface area contributed by atoms with Crippen LogP contribution in [0.3, 0.4) is 0 Å². The van der Waals surface area contributed by atoms with Crippen LogP contribution in [0, 0.1) is 17.7 Å². The molecule has 0 radical (unpaired) electrons. The third-order valence-electron chi connectivity index (χ3n) is 2.81. The van der Waals surface area contributed by atoms with Gasteiger partial charge in [-0.1, -0.05) is 30.0 Å². The molecule has 0 fully saturated rings. The summed E-state index contributed by atoms with van der Waals surface area (Å²) in [7, 11) is -4.13. The average molecular weight is 345 g/mol. The van der Waals surface area contributed by atoms with Gasteiger partial charge in [-0.15, -0.1) is 0 Å². The van der Waals surface area contributed by atoms with Crippen LogP contribution in [0.2, 0.25) is 0 Å². The Bertz CT molecular complexity index is 582. The highest BCUT2D eigenvalue weighted by Gasteiger charge is 2.14. The van der Waals surface area contributed by atoms with Gasteiger partial charge in [0, 0.05) is 22.4 Å². The van der Waals surface area contributed by atoms with Crippen LogP contribution in [-0.4, -0.2) is 13.0 Å². The van der Waals surface area contributed by atoms with Crippen molar-refractivity contribution in [3.8, 4) is 10.8 Å². The second-order valence-electron chi connectivity index (χ2n) is 4.42. The van der Waals surface area contributed by atoms with Crippen molar-refractivity contribution >= 4 is 26.0 Å². The Morgan fingerprint density at radius 3 is 2.63 bits per heavy atom. The topological polar surface area (TPSA) is 54.4 Å². The van der Waals surface area contributed by atoms with Gasteiger partial charge >= 0.3 is 0 Å². The first-order valence-electron chi connectivity index (χ1n) is 6.10. The lowest BCUT2D eigenvalue weighted by atomic mass is 10.0. The second-order valence-corrected chi connectivity index (χ2v) is 6.20.